The van der Waals surface area contributed by atoms with Gasteiger partial charge in [-0.05, 0) is 6.42 Å². The SMILES string of the molecule is CCCNc1sc(C#N)c(N)c1C#N. The van der Waals surface area contributed by atoms with Crippen molar-refractivity contribution in [2.24, 2.45) is 0 Å². The Balaban J connectivity index is 3.06. The van der Waals surface area contributed by atoms with E-state index in [1.165, 1.54) is 11.3 Å². The predicted octanol–water partition coefficient (Wildman–Crippen LogP) is 1.90. The van der Waals surface area contributed by atoms with Gasteiger partial charge in [-0.15, -0.1) is 11.3 Å². The summed E-state index contributed by atoms with van der Waals surface area (Å²) in [5.41, 5.74) is 6.30. The van der Waals surface area contributed by atoms with Crippen LogP contribution in [0.5, 0.6) is 0 Å². The van der Waals surface area contributed by atoms with Gasteiger partial charge in [0.05, 0.1) is 5.69 Å². The number of hydrogen-bond acceptors (Lipinski definition) is 5. The van der Waals surface area contributed by atoms with Crippen molar-refractivity contribution in [2.45, 2.75) is 13.3 Å². The first-order chi connectivity index (χ1) is 6.74. The zero-order chi connectivity index (χ0) is 10.6. The van der Waals surface area contributed by atoms with E-state index in [2.05, 4.69) is 5.32 Å². The molecule has 0 aliphatic carbocycles. The number of nitrogens with two attached hydrogens (primary N) is 1. The van der Waals surface area contributed by atoms with Gasteiger partial charge in [-0.2, -0.15) is 10.5 Å². The average Bonchev–Trinajstić information content (AvgIpc) is 2.51. The van der Waals surface area contributed by atoms with E-state index in [0.717, 1.165) is 13.0 Å². The molecule has 0 bridgehead atoms. The Kier molecular flexibility index (Phi) is 3.33. The van der Waals surface area contributed by atoms with Gasteiger partial charge < -0.3 is 11.1 Å². The highest BCUT2D eigenvalue weighted by Crippen LogP contribution is 2.34. The summed E-state index contributed by atoms with van der Waals surface area (Å²) in [6.07, 6.45) is 0.963. The van der Waals surface area contributed by atoms with Crippen LogP contribution in [0.4, 0.5) is 10.7 Å². The number of anilines is 2. The molecule has 5 heteroatoms. The number of nitriles is 2. The van der Waals surface area contributed by atoms with Crippen molar-refractivity contribution in [1.29, 1.82) is 10.5 Å². The molecule has 0 unspecified atom stereocenters. The fourth-order valence-corrected chi connectivity index (χ4v) is 1.89. The van der Waals surface area contributed by atoms with Crippen molar-refractivity contribution in [1.82, 2.24) is 0 Å². The molecule has 0 aliphatic rings. The standard InChI is InChI=1S/C9H10N4S/c1-2-3-13-9-6(4-10)8(12)7(5-11)14-9/h13H,2-3,12H2,1H3. The largest absolute Gasteiger partial charge is 0.396 e. The third-order valence-corrected chi connectivity index (χ3v) is 2.76. The molecule has 3 N–H and O–H groups in total. The van der Waals surface area contributed by atoms with E-state index < -0.39 is 0 Å². The Morgan fingerprint density at radius 1 is 1.43 bits per heavy atom. The topological polar surface area (TPSA) is 85.6 Å². The summed E-state index contributed by atoms with van der Waals surface area (Å²) in [4.78, 5) is 0.403. The molecule has 0 amide bonds. The highest BCUT2D eigenvalue weighted by molar-refractivity contribution is 7.17. The van der Waals surface area contributed by atoms with Crippen LogP contribution in [-0.2, 0) is 0 Å². The van der Waals surface area contributed by atoms with E-state index in [-0.39, 0.29) is 0 Å². The van der Waals surface area contributed by atoms with E-state index in [4.69, 9.17) is 16.3 Å². The second kappa shape index (κ2) is 4.50. The average molecular weight is 206 g/mol. The zero-order valence-corrected chi connectivity index (χ0v) is 8.61. The van der Waals surface area contributed by atoms with Crippen LogP contribution in [0.2, 0.25) is 0 Å². The molecular weight excluding hydrogens is 196 g/mol. The lowest BCUT2D eigenvalue weighted by atomic mass is 10.2. The molecule has 0 atom stereocenters. The minimum Gasteiger partial charge on any atom is -0.396 e. The van der Waals surface area contributed by atoms with Crippen molar-refractivity contribution in [2.75, 3.05) is 17.6 Å². The third kappa shape index (κ3) is 1.78. The fraction of sp³-hybridized carbons (Fsp3) is 0.333. The molecule has 1 aromatic heterocycles. The number of thiophene rings is 1. The number of nitrogens with zero attached hydrogens (tertiary/aromatic N) is 2. The normalized spacial score (nSPS) is 9.07. The van der Waals surface area contributed by atoms with Gasteiger partial charge in [0.25, 0.3) is 0 Å². The Bertz CT molecular complexity index is 408. The highest BCUT2D eigenvalue weighted by atomic mass is 32.1. The first-order valence-corrected chi connectivity index (χ1v) is 5.02. The summed E-state index contributed by atoms with van der Waals surface area (Å²) >= 11 is 1.23. The third-order valence-electron chi connectivity index (χ3n) is 1.69. The van der Waals surface area contributed by atoms with Gasteiger partial charge >= 0.3 is 0 Å². The van der Waals surface area contributed by atoms with Crippen LogP contribution in [0.25, 0.3) is 0 Å². The molecule has 0 fully saturated rings. The van der Waals surface area contributed by atoms with E-state index in [1.54, 1.807) is 0 Å². The van der Waals surface area contributed by atoms with Gasteiger partial charge in [-0.1, -0.05) is 6.92 Å². The van der Waals surface area contributed by atoms with Crippen molar-refractivity contribution in [3.63, 3.8) is 0 Å². The molecule has 1 rings (SSSR count). The molecule has 0 saturated carbocycles. The molecule has 4 nitrogen and oxygen atoms in total. The van der Waals surface area contributed by atoms with Gasteiger partial charge in [-0.25, -0.2) is 0 Å². The van der Waals surface area contributed by atoms with Crippen LogP contribution >= 0.6 is 11.3 Å². The van der Waals surface area contributed by atoms with Crippen molar-refractivity contribution in [3.05, 3.63) is 10.4 Å². The van der Waals surface area contributed by atoms with Crippen molar-refractivity contribution in [3.8, 4) is 12.1 Å². The van der Waals surface area contributed by atoms with Crippen molar-refractivity contribution < 1.29 is 0 Å². The van der Waals surface area contributed by atoms with Crippen LogP contribution in [0.3, 0.4) is 0 Å². The molecule has 0 radical (unpaired) electrons. The van der Waals surface area contributed by atoms with Crippen molar-refractivity contribution >= 4 is 22.0 Å². The molecule has 0 aliphatic heterocycles. The lowest BCUT2D eigenvalue weighted by molar-refractivity contribution is 0.983. The van der Waals surface area contributed by atoms with Crippen LogP contribution in [0.15, 0.2) is 0 Å². The molecule has 1 heterocycles. The molecule has 72 valence electrons. The van der Waals surface area contributed by atoms with Crippen LogP contribution in [0, 0.1) is 22.7 Å². The first kappa shape index (κ1) is 10.4. The van der Waals surface area contributed by atoms with E-state index in [9.17, 15) is 0 Å². The number of nitrogen functional groups attached to an aromatic ring is 1. The summed E-state index contributed by atoms with van der Waals surface area (Å²) in [6, 6.07) is 3.97. The minimum absolute atomic E-state index is 0.290. The second-order valence-corrected chi connectivity index (χ2v) is 3.72. The number of nitrogens with one attached hydrogen (secondary N) is 1. The van der Waals surface area contributed by atoms with Gasteiger partial charge in [-0.3, -0.25) is 0 Å². The Labute approximate surface area is 86.6 Å². The summed E-state index contributed by atoms with van der Waals surface area (Å²) < 4.78 is 0. The van der Waals surface area contributed by atoms with Gasteiger partial charge in [0.15, 0.2) is 0 Å². The van der Waals surface area contributed by atoms with Gasteiger partial charge in [0, 0.05) is 6.54 Å². The summed E-state index contributed by atoms with van der Waals surface area (Å²) in [6.45, 7) is 2.81. The number of hydrogen-bond donors (Lipinski definition) is 2. The van der Waals surface area contributed by atoms with E-state index in [0.29, 0.717) is 21.1 Å². The summed E-state index contributed by atoms with van der Waals surface area (Å²) in [7, 11) is 0. The second-order valence-electron chi connectivity index (χ2n) is 2.70. The Morgan fingerprint density at radius 2 is 2.14 bits per heavy atom. The molecule has 0 aromatic carbocycles. The smallest absolute Gasteiger partial charge is 0.131 e. The quantitative estimate of drug-likeness (QED) is 0.790. The molecule has 14 heavy (non-hydrogen) atoms. The lowest BCUT2D eigenvalue weighted by Crippen LogP contribution is -1.99. The lowest BCUT2D eigenvalue weighted by Gasteiger charge is -2.00. The maximum atomic E-state index is 8.83. The summed E-state index contributed by atoms with van der Waals surface area (Å²) in [5.74, 6) is 0. The van der Waals surface area contributed by atoms with E-state index in [1.807, 2.05) is 19.1 Å². The maximum absolute atomic E-state index is 8.83. The zero-order valence-electron chi connectivity index (χ0n) is 7.79. The van der Waals surface area contributed by atoms with Gasteiger partial charge in [0.2, 0.25) is 0 Å². The monoisotopic (exact) mass is 206 g/mol. The maximum Gasteiger partial charge on any atom is 0.131 e. The van der Waals surface area contributed by atoms with E-state index >= 15 is 0 Å². The molecule has 0 saturated heterocycles. The molecular formula is C9H10N4S. The number of rotatable bonds is 3. The first-order valence-electron chi connectivity index (χ1n) is 4.20. The van der Waals surface area contributed by atoms with Crippen LogP contribution in [-0.4, -0.2) is 6.54 Å². The Hall–Kier alpha value is -1.72. The fourth-order valence-electron chi connectivity index (χ4n) is 1.00. The van der Waals surface area contributed by atoms with Crippen LogP contribution < -0.4 is 11.1 Å². The summed E-state index contributed by atoms with van der Waals surface area (Å²) in [5, 5.41) is 21.3. The Morgan fingerprint density at radius 3 is 2.64 bits per heavy atom. The molecule has 0 spiro atoms. The highest BCUT2D eigenvalue weighted by Gasteiger charge is 2.14. The van der Waals surface area contributed by atoms with Gasteiger partial charge in [0.1, 0.15) is 27.6 Å². The minimum atomic E-state index is 0.290. The predicted molar refractivity (Wildman–Crippen MR) is 56.9 cm³/mol. The van der Waals surface area contributed by atoms with Crippen LogP contribution in [0.1, 0.15) is 23.8 Å². The molecule has 1 aromatic rings.